The molecule has 0 saturated carbocycles. The molecule has 166 valence electrons. The number of carbonyl (C=O) groups excluding carboxylic acids is 2. The molecule has 0 aliphatic carbocycles. The first-order valence-corrected chi connectivity index (χ1v) is 10.3. The number of amides is 2. The molecule has 1 spiro atoms. The van der Waals surface area contributed by atoms with Crippen LogP contribution in [0.2, 0.25) is 0 Å². The van der Waals surface area contributed by atoms with Crippen molar-refractivity contribution in [2.24, 2.45) is 11.8 Å². The Bertz CT molecular complexity index is 1100. The van der Waals surface area contributed by atoms with Crippen molar-refractivity contribution >= 4 is 23.2 Å². The van der Waals surface area contributed by atoms with Crippen LogP contribution in [-0.2, 0) is 14.3 Å². The topological polar surface area (TPSA) is 86.3 Å². The normalized spacial score (nSPS) is 27.4. The lowest BCUT2D eigenvalue weighted by atomic mass is 9.76. The Balaban J connectivity index is 1.41. The van der Waals surface area contributed by atoms with Crippen molar-refractivity contribution < 1.29 is 28.5 Å². The lowest BCUT2D eigenvalue weighted by Gasteiger charge is -2.24. The first-order valence-electron chi connectivity index (χ1n) is 10.3. The molecule has 0 radical (unpaired) electrons. The van der Waals surface area contributed by atoms with E-state index < -0.39 is 23.5 Å². The van der Waals surface area contributed by atoms with Crippen LogP contribution in [0.25, 0.3) is 0 Å². The summed E-state index contributed by atoms with van der Waals surface area (Å²) >= 11 is 0. The first-order chi connectivity index (χ1) is 15.5. The molecule has 2 amide bonds. The van der Waals surface area contributed by atoms with E-state index in [0.717, 1.165) is 5.69 Å². The summed E-state index contributed by atoms with van der Waals surface area (Å²) in [5.41, 5.74) is 0.459. The Morgan fingerprint density at radius 2 is 1.78 bits per heavy atom. The minimum atomic E-state index is -0.798. The highest BCUT2D eigenvalue weighted by Crippen LogP contribution is 2.53. The second-order valence-electron chi connectivity index (χ2n) is 8.08. The first kappa shape index (κ1) is 20.4. The van der Waals surface area contributed by atoms with Crippen molar-refractivity contribution in [1.82, 2.24) is 0 Å². The van der Waals surface area contributed by atoms with Gasteiger partial charge in [0.25, 0.3) is 0 Å². The van der Waals surface area contributed by atoms with Crippen molar-refractivity contribution in [2.45, 2.75) is 11.7 Å². The second-order valence-corrected chi connectivity index (χ2v) is 8.08. The Morgan fingerprint density at radius 1 is 1.06 bits per heavy atom. The average Bonchev–Trinajstić information content (AvgIpc) is 3.47. The summed E-state index contributed by atoms with van der Waals surface area (Å²) in [5, 5.41) is 2.92. The molecule has 1 N–H and O–H groups in total. The molecule has 8 nitrogen and oxygen atoms in total. The number of ether oxygens (including phenoxy) is 4. The average molecular weight is 436 g/mol. The van der Waals surface area contributed by atoms with Gasteiger partial charge in [-0.3, -0.25) is 9.59 Å². The SMILES string of the molecule is COc1ccc(N2C[C@@]34C=C[C@@H](O3)[C@@H](C(=O)Nc3ccc(OC)cc3OC)[C@H]4C2=O)cc1. The van der Waals surface area contributed by atoms with Gasteiger partial charge in [0.05, 0.1) is 51.5 Å². The minimum absolute atomic E-state index is 0.121. The van der Waals surface area contributed by atoms with Crippen LogP contribution in [-0.4, -0.2) is 51.4 Å². The van der Waals surface area contributed by atoms with Crippen molar-refractivity contribution in [2.75, 3.05) is 38.1 Å². The molecular formula is C24H24N2O6. The highest BCUT2D eigenvalue weighted by molar-refractivity contribution is 6.05. The van der Waals surface area contributed by atoms with Crippen LogP contribution in [0.4, 0.5) is 11.4 Å². The number of methoxy groups -OCH3 is 3. The zero-order valence-corrected chi connectivity index (χ0v) is 18.0. The molecule has 32 heavy (non-hydrogen) atoms. The Kier molecular flexibility index (Phi) is 4.82. The summed E-state index contributed by atoms with van der Waals surface area (Å²) in [6, 6.07) is 12.4. The quantitative estimate of drug-likeness (QED) is 0.701. The number of anilines is 2. The van der Waals surface area contributed by atoms with Gasteiger partial charge in [-0.25, -0.2) is 0 Å². The van der Waals surface area contributed by atoms with Crippen LogP contribution in [0.15, 0.2) is 54.6 Å². The van der Waals surface area contributed by atoms with Gasteiger partial charge in [-0.15, -0.1) is 0 Å². The monoisotopic (exact) mass is 436 g/mol. The maximum atomic E-state index is 13.5. The number of benzene rings is 2. The minimum Gasteiger partial charge on any atom is -0.497 e. The van der Waals surface area contributed by atoms with Gasteiger partial charge in [0.2, 0.25) is 11.8 Å². The standard InChI is InChI=1S/C24H24N2O6/c1-29-15-6-4-14(5-7-15)26-13-24-11-10-18(32-24)20(21(24)23(26)28)22(27)25-17-9-8-16(30-2)12-19(17)31-3/h4-12,18,20-21H,13H2,1-3H3,(H,25,27)/t18-,20-,21+,24-/m1/s1. The fraction of sp³-hybridized carbons (Fsp3) is 0.333. The lowest BCUT2D eigenvalue weighted by Crippen LogP contribution is -2.41. The van der Waals surface area contributed by atoms with E-state index in [4.69, 9.17) is 18.9 Å². The van der Waals surface area contributed by atoms with Crippen LogP contribution in [0, 0.1) is 11.8 Å². The molecule has 2 aromatic carbocycles. The van der Waals surface area contributed by atoms with E-state index in [9.17, 15) is 9.59 Å². The van der Waals surface area contributed by atoms with Crippen molar-refractivity contribution in [3.63, 3.8) is 0 Å². The molecule has 8 heteroatoms. The number of rotatable bonds is 6. The van der Waals surface area contributed by atoms with E-state index in [0.29, 0.717) is 29.5 Å². The molecule has 2 aromatic rings. The van der Waals surface area contributed by atoms with E-state index >= 15 is 0 Å². The van der Waals surface area contributed by atoms with Crippen LogP contribution < -0.4 is 24.4 Å². The molecular weight excluding hydrogens is 412 g/mol. The van der Waals surface area contributed by atoms with Crippen LogP contribution >= 0.6 is 0 Å². The number of nitrogens with one attached hydrogen (secondary N) is 1. The third-order valence-electron chi connectivity index (χ3n) is 6.45. The molecule has 3 aliphatic rings. The van der Waals surface area contributed by atoms with E-state index in [1.54, 1.807) is 37.3 Å². The summed E-state index contributed by atoms with van der Waals surface area (Å²) in [7, 11) is 4.68. The Hall–Kier alpha value is -3.52. The largest absolute Gasteiger partial charge is 0.497 e. The zero-order valence-electron chi connectivity index (χ0n) is 18.0. The fourth-order valence-corrected chi connectivity index (χ4v) is 4.90. The number of hydrogen-bond acceptors (Lipinski definition) is 6. The van der Waals surface area contributed by atoms with Gasteiger partial charge in [0.1, 0.15) is 22.8 Å². The van der Waals surface area contributed by atoms with E-state index in [-0.39, 0.29) is 11.8 Å². The van der Waals surface area contributed by atoms with Gasteiger partial charge in [-0.1, -0.05) is 12.2 Å². The van der Waals surface area contributed by atoms with Crippen molar-refractivity contribution in [3.05, 3.63) is 54.6 Å². The third kappa shape index (κ3) is 3.02. The van der Waals surface area contributed by atoms with Gasteiger partial charge >= 0.3 is 0 Å². The summed E-state index contributed by atoms with van der Waals surface area (Å²) in [6.07, 6.45) is 3.38. The fourth-order valence-electron chi connectivity index (χ4n) is 4.90. The van der Waals surface area contributed by atoms with Crippen LogP contribution in [0.5, 0.6) is 17.2 Å². The number of carbonyl (C=O) groups is 2. The number of nitrogens with zero attached hydrogens (tertiary/aromatic N) is 1. The van der Waals surface area contributed by atoms with Gasteiger partial charge in [-0.2, -0.15) is 0 Å². The highest BCUT2D eigenvalue weighted by atomic mass is 16.5. The number of hydrogen-bond donors (Lipinski definition) is 1. The van der Waals surface area contributed by atoms with Crippen molar-refractivity contribution in [3.8, 4) is 17.2 Å². The van der Waals surface area contributed by atoms with Crippen molar-refractivity contribution in [1.29, 1.82) is 0 Å². The molecule has 0 unspecified atom stereocenters. The molecule has 3 heterocycles. The molecule has 2 saturated heterocycles. The van der Waals surface area contributed by atoms with Gasteiger partial charge in [0.15, 0.2) is 0 Å². The zero-order chi connectivity index (χ0) is 22.5. The lowest BCUT2D eigenvalue weighted by molar-refractivity contribution is -0.128. The molecule has 3 aliphatic heterocycles. The molecule has 2 bridgehead atoms. The highest BCUT2D eigenvalue weighted by Gasteiger charge is 2.67. The summed E-state index contributed by atoms with van der Waals surface area (Å²) < 4.78 is 22.0. The Morgan fingerprint density at radius 3 is 2.47 bits per heavy atom. The summed E-state index contributed by atoms with van der Waals surface area (Å²) in [4.78, 5) is 28.5. The smallest absolute Gasteiger partial charge is 0.234 e. The molecule has 4 atom stereocenters. The summed E-state index contributed by atoms with van der Waals surface area (Å²) in [5.74, 6) is 0.173. The predicted octanol–water partition coefficient (Wildman–Crippen LogP) is 2.64. The predicted molar refractivity (Wildman–Crippen MR) is 117 cm³/mol. The summed E-state index contributed by atoms with van der Waals surface area (Å²) in [6.45, 7) is 0.367. The molecule has 5 rings (SSSR count). The maximum absolute atomic E-state index is 13.5. The van der Waals surface area contributed by atoms with E-state index in [1.807, 2.05) is 36.4 Å². The second kappa shape index (κ2) is 7.56. The maximum Gasteiger partial charge on any atom is 0.234 e. The number of fused-ring (bicyclic) bond motifs is 1. The third-order valence-corrected chi connectivity index (χ3v) is 6.45. The Labute approximate surface area is 185 Å². The van der Waals surface area contributed by atoms with Crippen LogP contribution in [0.3, 0.4) is 0 Å². The van der Waals surface area contributed by atoms with E-state index in [2.05, 4.69) is 5.32 Å². The van der Waals surface area contributed by atoms with Crippen LogP contribution in [0.1, 0.15) is 0 Å². The molecule has 2 fully saturated rings. The van der Waals surface area contributed by atoms with E-state index in [1.165, 1.54) is 7.11 Å². The van der Waals surface area contributed by atoms with Gasteiger partial charge in [0, 0.05) is 11.8 Å². The molecule has 0 aromatic heterocycles. The van der Waals surface area contributed by atoms with Gasteiger partial charge < -0.3 is 29.2 Å². The van der Waals surface area contributed by atoms with Gasteiger partial charge in [-0.05, 0) is 36.4 Å².